The van der Waals surface area contributed by atoms with Crippen LogP contribution in [-0.4, -0.2) is 16.6 Å². The molecular formula is C26H29N3O. The lowest BCUT2D eigenvalue weighted by Gasteiger charge is -2.14. The standard InChI is InChI=1S/C26H29N3O/c1-4-5-12-30-21-9-7-19(8-10-21)14-18(3)20-15-23-22-11-6-17(2)13-24(22)29-26(27)25(23)28-16-20/h6-11,13,15-16,18H,4-5,12,14H2,1-3H3,(H2,27,29). The lowest BCUT2D eigenvalue weighted by Crippen LogP contribution is -2.02. The summed E-state index contributed by atoms with van der Waals surface area (Å²) in [5, 5.41) is 2.17. The van der Waals surface area contributed by atoms with Gasteiger partial charge in [0.1, 0.15) is 11.3 Å². The molecule has 30 heavy (non-hydrogen) atoms. The smallest absolute Gasteiger partial charge is 0.150 e. The number of nitrogens with two attached hydrogens (primary N) is 1. The maximum absolute atomic E-state index is 6.19. The molecule has 1 unspecified atom stereocenters. The van der Waals surface area contributed by atoms with Gasteiger partial charge in [0, 0.05) is 17.0 Å². The molecule has 0 radical (unpaired) electrons. The van der Waals surface area contributed by atoms with Crippen molar-refractivity contribution in [3.63, 3.8) is 0 Å². The van der Waals surface area contributed by atoms with Crippen LogP contribution in [0.3, 0.4) is 0 Å². The molecule has 2 N–H and O–H groups in total. The highest BCUT2D eigenvalue weighted by molar-refractivity contribution is 6.08. The SMILES string of the molecule is CCCCOc1ccc(CC(C)c2cnc3c(N)nc4cc(C)ccc4c3c2)cc1. The zero-order valence-electron chi connectivity index (χ0n) is 18.0. The zero-order valence-corrected chi connectivity index (χ0v) is 18.0. The number of aromatic nitrogens is 2. The molecule has 2 aromatic heterocycles. The lowest BCUT2D eigenvalue weighted by atomic mass is 9.93. The van der Waals surface area contributed by atoms with E-state index in [0.29, 0.717) is 11.7 Å². The van der Waals surface area contributed by atoms with Gasteiger partial charge in [-0.25, -0.2) is 4.98 Å². The molecule has 0 saturated carbocycles. The molecule has 0 spiro atoms. The predicted molar refractivity (Wildman–Crippen MR) is 125 cm³/mol. The number of hydrogen-bond acceptors (Lipinski definition) is 4. The summed E-state index contributed by atoms with van der Waals surface area (Å²) in [7, 11) is 0. The quantitative estimate of drug-likeness (QED) is 0.297. The molecule has 0 saturated heterocycles. The first-order valence-corrected chi connectivity index (χ1v) is 10.7. The van der Waals surface area contributed by atoms with Crippen molar-refractivity contribution in [1.82, 2.24) is 9.97 Å². The number of ether oxygens (including phenoxy) is 1. The van der Waals surface area contributed by atoms with Crippen molar-refractivity contribution in [3.8, 4) is 5.75 Å². The number of unbranched alkanes of at least 4 members (excludes halogenated alkanes) is 1. The van der Waals surface area contributed by atoms with Gasteiger partial charge >= 0.3 is 0 Å². The third-order valence-corrected chi connectivity index (χ3v) is 5.64. The van der Waals surface area contributed by atoms with Crippen LogP contribution in [0.5, 0.6) is 5.75 Å². The Morgan fingerprint density at radius 2 is 1.83 bits per heavy atom. The average Bonchev–Trinajstić information content (AvgIpc) is 2.74. The topological polar surface area (TPSA) is 61.0 Å². The number of rotatable bonds is 7. The molecule has 1 atom stereocenters. The van der Waals surface area contributed by atoms with E-state index in [4.69, 9.17) is 10.5 Å². The molecule has 154 valence electrons. The Bertz CT molecular complexity index is 1170. The Labute approximate surface area is 178 Å². The highest BCUT2D eigenvalue weighted by Crippen LogP contribution is 2.30. The molecule has 0 aliphatic rings. The molecule has 0 aliphatic heterocycles. The fraction of sp³-hybridized carbons (Fsp3) is 0.308. The second-order valence-electron chi connectivity index (χ2n) is 8.13. The molecule has 4 rings (SSSR count). The minimum Gasteiger partial charge on any atom is -0.494 e. The van der Waals surface area contributed by atoms with E-state index >= 15 is 0 Å². The first kappa shape index (κ1) is 20.1. The Hall–Kier alpha value is -3.14. The number of hydrogen-bond donors (Lipinski definition) is 1. The van der Waals surface area contributed by atoms with Gasteiger partial charge < -0.3 is 10.5 Å². The van der Waals surface area contributed by atoms with E-state index in [-0.39, 0.29) is 0 Å². The largest absolute Gasteiger partial charge is 0.494 e. The number of pyridine rings is 2. The molecule has 4 nitrogen and oxygen atoms in total. The first-order chi connectivity index (χ1) is 14.5. The minimum absolute atomic E-state index is 0.337. The van der Waals surface area contributed by atoms with Crippen molar-refractivity contribution in [2.45, 2.75) is 46.0 Å². The Morgan fingerprint density at radius 3 is 2.60 bits per heavy atom. The van der Waals surface area contributed by atoms with Crippen LogP contribution in [0.2, 0.25) is 0 Å². The van der Waals surface area contributed by atoms with Crippen LogP contribution in [0.15, 0.2) is 54.7 Å². The number of nitrogen functional groups attached to an aromatic ring is 1. The maximum atomic E-state index is 6.19. The van der Waals surface area contributed by atoms with E-state index in [1.807, 2.05) is 6.20 Å². The molecule has 2 aromatic carbocycles. The fourth-order valence-electron chi connectivity index (χ4n) is 3.83. The molecule has 0 aliphatic carbocycles. The van der Waals surface area contributed by atoms with Gasteiger partial charge in [-0.1, -0.05) is 44.5 Å². The summed E-state index contributed by atoms with van der Waals surface area (Å²) in [4.78, 5) is 9.21. The van der Waals surface area contributed by atoms with Crippen molar-refractivity contribution in [1.29, 1.82) is 0 Å². The van der Waals surface area contributed by atoms with Crippen molar-refractivity contribution in [3.05, 3.63) is 71.4 Å². The Balaban J connectivity index is 1.59. The second-order valence-corrected chi connectivity index (χ2v) is 8.13. The summed E-state index contributed by atoms with van der Waals surface area (Å²) in [6.07, 6.45) is 5.11. The van der Waals surface area contributed by atoms with Gasteiger partial charge in [-0.3, -0.25) is 4.98 Å². The highest BCUT2D eigenvalue weighted by atomic mass is 16.5. The third kappa shape index (κ3) is 4.23. The van der Waals surface area contributed by atoms with Crippen LogP contribution < -0.4 is 10.5 Å². The molecule has 4 aromatic rings. The van der Waals surface area contributed by atoms with Crippen LogP contribution in [-0.2, 0) is 6.42 Å². The van der Waals surface area contributed by atoms with Gasteiger partial charge in [0.25, 0.3) is 0 Å². The summed E-state index contributed by atoms with van der Waals surface area (Å²) >= 11 is 0. The van der Waals surface area contributed by atoms with Crippen molar-refractivity contribution in [2.75, 3.05) is 12.3 Å². The normalized spacial score (nSPS) is 12.4. The molecule has 4 heteroatoms. The van der Waals surface area contributed by atoms with Gasteiger partial charge in [-0.15, -0.1) is 0 Å². The van der Waals surface area contributed by atoms with E-state index in [1.165, 1.54) is 16.7 Å². The third-order valence-electron chi connectivity index (χ3n) is 5.64. The number of nitrogens with zero attached hydrogens (tertiary/aromatic N) is 2. The summed E-state index contributed by atoms with van der Waals surface area (Å²) in [6, 6.07) is 17.0. The monoisotopic (exact) mass is 399 g/mol. The summed E-state index contributed by atoms with van der Waals surface area (Å²) < 4.78 is 5.77. The minimum atomic E-state index is 0.337. The first-order valence-electron chi connectivity index (χ1n) is 10.7. The van der Waals surface area contributed by atoms with Crippen LogP contribution in [0.4, 0.5) is 5.82 Å². The van der Waals surface area contributed by atoms with Crippen LogP contribution in [0, 0.1) is 6.92 Å². The average molecular weight is 400 g/mol. The molecular weight excluding hydrogens is 370 g/mol. The van der Waals surface area contributed by atoms with Crippen molar-refractivity contribution < 1.29 is 4.74 Å². The molecule has 2 heterocycles. The highest BCUT2D eigenvalue weighted by Gasteiger charge is 2.13. The van der Waals surface area contributed by atoms with Gasteiger partial charge in [0.05, 0.1) is 12.1 Å². The fourth-order valence-corrected chi connectivity index (χ4v) is 3.83. The van der Waals surface area contributed by atoms with Crippen LogP contribution >= 0.6 is 0 Å². The van der Waals surface area contributed by atoms with E-state index in [2.05, 4.69) is 79.3 Å². The second kappa shape index (κ2) is 8.70. The summed E-state index contributed by atoms with van der Waals surface area (Å²) in [5.74, 6) is 1.77. The van der Waals surface area contributed by atoms with E-state index < -0.39 is 0 Å². The summed E-state index contributed by atoms with van der Waals surface area (Å²) in [5.41, 5.74) is 11.6. The van der Waals surface area contributed by atoms with Gasteiger partial charge in [-0.05, 0) is 66.6 Å². The van der Waals surface area contributed by atoms with E-state index in [9.17, 15) is 0 Å². The summed E-state index contributed by atoms with van der Waals surface area (Å²) in [6.45, 7) is 7.26. The molecule has 0 amide bonds. The number of fused-ring (bicyclic) bond motifs is 3. The lowest BCUT2D eigenvalue weighted by molar-refractivity contribution is 0.309. The maximum Gasteiger partial charge on any atom is 0.150 e. The molecule has 0 fully saturated rings. The van der Waals surface area contributed by atoms with E-state index in [0.717, 1.165) is 53.4 Å². The molecule has 0 bridgehead atoms. The number of anilines is 1. The van der Waals surface area contributed by atoms with Crippen LogP contribution in [0.1, 0.15) is 49.3 Å². The van der Waals surface area contributed by atoms with Crippen molar-refractivity contribution >= 4 is 27.6 Å². The van der Waals surface area contributed by atoms with Gasteiger partial charge in [0.15, 0.2) is 5.82 Å². The van der Waals surface area contributed by atoms with Crippen LogP contribution in [0.25, 0.3) is 21.8 Å². The number of aryl methyl sites for hydroxylation is 1. The van der Waals surface area contributed by atoms with Crippen molar-refractivity contribution in [2.24, 2.45) is 0 Å². The Kier molecular flexibility index (Phi) is 5.84. The van der Waals surface area contributed by atoms with E-state index in [1.54, 1.807) is 0 Å². The predicted octanol–water partition coefficient (Wildman–Crippen LogP) is 6.20. The Morgan fingerprint density at radius 1 is 1.03 bits per heavy atom. The van der Waals surface area contributed by atoms with Gasteiger partial charge in [0.2, 0.25) is 0 Å². The number of benzene rings is 2. The zero-order chi connectivity index (χ0) is 21.1. The van der Waals surface area contributed by atoms with Gasteiger partial charge in [-0.2, -0.15) is 0 Å².